The minimum Gasteiger partial charge on any atom is -0.374 e. The van der Waals surface area contributed by atoms with Crippen molar-refractivity contribution < 1.29 is 4.74 Å². The third-order valence-electron chi connectivity index (χ3n) is 4.25. The zero-order valence-electron chi connectivity index (χ0n) is 12.0. The first-order valence-electron chi connectivity index (χ1n) is 7.31. The molecule has 3 unspecified atom stereocenters. The van der Waals surface area contributed by atoms with Gasteiger partial charge >= 0.3 is 0 Å². The van der Waals surface area contributed by atoms with Crippen molar-refractivity contribution in [2.75, 3.05) is 32.5 Å². The van der Waals surface area contributed by atoms with Gasteiger partial charge in [0.25, 0.3) is 0 Å². The van der Waals surface area contributed by atoms with Gasteiger partial charge in [0, 0.05) is 37.0 Å². The van der Waals surface area contributed by atoms with Gasteiger partial charge < -0.3 is 10.1 Å². The summed E-state index contributed by atoms with van der Waals surface area (Å²) in [7, 11) is 0. The molecular weight excluding hydrogens is 244 g/mol. The fraction of sp³-hybridized carbons (Fsp3) is 1.00. The molecule has 1 heterocycles. The lowest BCUT2D eigenvalue weighted by atomic mass is 10.2. The van der Waals surface area contributed by atoms with E-state index in [0.717, 1.165) is 37.5 Å². The maximum absolute atomic E-state index is 5.86. The molecule has 2 fully saturated rings. The fourth-order valence-electron chi connectivity index (χ4n) is 2.97. The van der Waals surface area contributed by atoms with Gasteiger partial charge in [0.15, 0.2) is 0 Å². The maximum Gasteiger partial charge on any atom is 0.0826 e. The van der Waals surface area contributed by atoms with Crippen LogP contribution < -0.4 is 5.32 Å². The lowest BCUT2D eigenvalue weighted by molar-refractivity contribution is -0.0380. The second-order valence-corrected chi connectivity index (χ2v) is 7.00. The van der Waals surface area contributed by atoms with E-state index in [9.17, 15) is 0 Å². The van der Waals surface area contributed by atoms with Crippen LogP contribution in [-0.4, -0.2) is 60.8 Å². The van der Waals surface area contributed by atoms with Gasteiger partial charge in [0.05, 0.1) is 12.7 Å². The van der Waals surface area contributed by atoms with Crippen molar-refractivity contribution in [3.63, 3.8) is 0 Å². The second kappa shape index (κ2) is 7.13. The summed E-state index contributed by atoms with van der Waals surface area (Å²) in [6, 6.07) is 1.37. The Morgan fingerprint density at radius 3 is 2.89 bits per heavy atom. The molecule has 0 radical (unpaired) electrons. The molecule has 3 atom stereocenters. The molecule has 1 aliphatic heterocycles. The van der Waals surface area contributed by atoms with Crippen LogP contribution in [0.5, 0.6) is 0 Å². The van der Waals surface area contributed by atoms with Crippen LogP contribution >= 0.6 is 11.8 Å². The zero-order valence-corrected chi connectivity index (χ0v) is 12.8. The average Bonchev–Trinajstić information content (AvgIpc) is 2.84. The molecule has 0 amide bonds. The van der Waals surface area contributed by atoms with Crippen LogP contribution in [0.3, 0.4) is 0 Å². The highest BCUT2D eigenvalue weighted by Crippen LogP contribution is 2.28. The molecule has 2 rings (SSSR count). The van der Waals surface area contributed by atoms with E-state index in [1.54, 1.807) is 0 Å². The lowest BCUT2D eigenvalue weighted by Crippen LogP contribution is -2.50. The van der Waals surface area contributed by atoms with Crippen molar-refractivity contribution in [3.05, 3.63) is 0 Å². The first-order valence-corrected chi connectivity index (χ1v) is 8.59. The van der Waals surface area contributed by atoms with Gasteiger partial charge in [-0.3, -0.25) is 4.90 Å². The molecule has 0 spiro atoms. The Morgan fingerprint density at radius 1 is 1.39 bits per heavy atom. The maximum atomic E-state index is 5.86. The Balaban J connectivity index is 1.67. The molecule has 4 heteroatoms. The van der Waals surface area contributed by atoms with Crippen LogP contribution in [-0.2, 0) is 4.74 Å². The summed E-state index contributed by atoms with van der Waals surface area (Å²) in [6.45, 7) is 8.64. The second-order valence-electron chi connectivity index (χ2n) is 5.86. The van der Waals surface area contributed by atoms with E-state index < -0.39 is 0 Å². The Kier molecular flexibility index (Phi) is 5.80. The van der Waals surface area contributed by atoms with Gasteiger partial charge in [0.1, 0.15) is 0 Å². The number of rotatable bonds is 5. The van der Waals surface area contributed by atoms with E-state index in [2.05, 4.69) is 30.3 Å². The summed E-state index contributed by atoms with van der Waals surface area (Å²) in [5.74, 6) is 0. The molecular formula is C14H28N2OS. The summed E-state index contributed by atoms with van der Waals surface area (Å²) in [4.78, 5) is 2.52. The number of hydrogen-bond acceptors (Lipinski definition) is 4. The number of ether oxygens (including phenoxy) is 1. The minimum absolute atomic E-state index is 0.384. The SMILES string of the molecule is CSC1CCC(NCC2CN(C(C)C)CCO2)C1. The molecule has 0 aromatic rings. The molecule has 1 saturated heterocycles. The summed E-state index contributed by atoms with van der Waals surface area (Å²) < 4.78 is 5.86. The van der Waals surface area contributed by atoms with Crippen molar-refractivity contribution >= 4 is 11.8 Å². The molecule has 18 heavy (non-hydrogen) atoms. The number of thioether (sulfide) groups is 1. The van der Waals surface area contributed by atoms with E-state index in [4.69, 9.17) is 4.74 Å². The number of nitrogens with one attached hydrogen (secondary N) is 1. The smallest absolute Gasteiger partial charge is 0.0826 e. The van der Waals surface area contributed by atoms with E-state index >= 15 is 0 Å². The highest BCUT2D eigenvalue weighted by atomic mass is 32.2. The van der Waals surface area contributed by atoms with Crippen molar-refractivity contribution in [2.45, 2.75) is 56.5 Å². The molecule has 3 nitrogen and oxygen atoms in total. The standard InChI is InChI=1S/C14H28N2OS/c1-11(2)16-6-7-17-13(10-16)9-15-12-4-5-14(8-12)18-3/h11-15H,4-10H2,1-3H3. The average molecular weight is 272 g/mol. The van der Waals surface area contributed by atoms with Gasteiger partial charge in [-0.2, -0.15) is 11.8 Å². The third kappa shape index (κ3) is 4.12. The molecule has 1 saturated carbocycles. The van der Waals surface area contributed by atoms with Gasteiger partial charge in [-0.25, -0.2) is 0 Å². The van der Waals surface area contributed by atoms with Gasteiger partial charge in [-0.15, -0.1) is 0 Å². The normalized spacial score (nSPS) is 34.3. The quantitative estimate of drug-likeness (QED) is 0.827. The van der Waals surface area contributed by atoms with Crippen molar-refractivity contribution in [1.29, 1.82) is 0 Å². The highest BCUT2D eigenvalue weighted by molar-refractivity contribution is 7.99. The van der Waals surface area contributed by atoms with E-state index in [-0.39, 0.29) is 0 Å². The van der Waals surface area contributed by atoms with Gasteiger partial charge in [-0.1, -0.05) is 0 Å². The predicted molar refractivity (Wildman–Crippen MR) is 79.4 cm³/mol. The fourth-order valence-corrected chi connectivity index (χ4v) is 3.77. The van der Waals surface area contributed by atoms with Crippen molar-refractivity contribution in [3.8, 4) is 0 Å². The Bertz CT molecular complexity index is 250. The third-order valence-corrected chi connectivity index (χ3v) is 5.35. The molecule has 106 valence electrons. The minimum atomic E-state index is 0.384. The molecule has 1 aliphatic carbocycles. The Morgan fingerprint density at radius 2 is 2.22 bits per heavy atom. The first kappa shape index (κ1) is 14.6. The summed E-state index contributed by atoms with van der Waals surface area (Å²) in [6.07, 6.45) is 6.67. The van der Waals surface area contributed by atoms with Crippen LogP contribution in [0, 0.1) is 0 Å². The van der Waals surface area contributed by atoms with Gasteiger partial charge in [-0.05, 0) is 39.4 Å². The van der Waals surface area contributed by atoms with Crippen molar-refractivity contribution in [1.82, 2.24) is 10.2 Å². The van der Waals surface area contributed by atoms with E-state index in [0.29, 0.717) is 12.1 Å². The highest BCUT2D eigenvalue weighted by Gasteiger charge is 2.26. The predicted octanol–water partition coefficient (Wildman–Crippen LogP) is 1.97. The van der Waals surface area contributed by atoms with Crippen LogP contribution in [0.4, 0.5) is 0 Å². The molecule has 0 bridgehead atoms. The van der Waals surface area contributed by atoms with Gasteiger partial charge in [0.2, 0.25) is 0 Å². The van der Waals surface area contributed by atoms with Crippen LogP contribution in [0.2, 0.25) is 0 Å². The summed E-state index contributed by atoms with van der Waals surface area (Å²) >= 11 is 2.02. The lowest BCUT2D eigenvalue weighted by Gasteiger charge is -2.36. The summed E-state index contributed by atoms with van der Waals surface area (Å²) in [5, 5.41) is 4.59. The van der Waals surface area contributed by atoms with E-state index in [1.165, 1.54) is 19.3 Å². The zero-order chi connectivity index (χ0) is 13.0. The molecule has 1 N–H and O–H groups in total. The number of nitrogens with zero attached hydrogens (tertiary/aromatic N) is 1. The summed E-state index contributed by atoms with van der Waals surface area (Å²) in [5.41, 5.74) is 0. The Labute approximate surface area is 116 Å². The largest absolute Gasteiger partial charge is 0.374 e. The van der Waals surface area contributed by atoms with Crippen LogP contribution in [0.15, 0.2) is 0 Å². The van der Waals surface area contributed by atoms with Crippen molar-refractivity contribution in [2.24, 2.45) is 0 Å². The number of morpholine rings is 1. The first-order chi connectivity index (χ1) is 8.69. The monoisotopic (exact) mass is 272 g/mol. The number of hydrogen-bond donors (Lipinski definition) is 1. The molecule has 0 aromatic heterocycles. The topological polar surface area (TPSA) is 24.5 Å². The van der Waals surface area contributed by atoms with Crippen LogP contribution in [0.1, 0.15) is 33.1 Å². The molecule has 2 aliphatic rings. The van der Waals surface area contributed by atoms with Crippen LogP contribution in [0.25, 0.3) is 0 Å². The molecule has 0 aromatic carbocycles. The van der Waals surface area contributed by atoms with E-state index in [1.807, 2.05) is 11.8 Å². The Hall–Kier alpha value is 0.230.